The molecule has 0 saturated heterocycles. The van der Waals surface area contributed by atoms with E-state index in [0.29, 0.717) is 5.92 Å². The van der Waals surface area contributed by atoms with Crippen LogP contribution in [0.5, 0.6) is 0 Å². The molecule has 0 radical (unpaired) electrons. The second kappa shape index (κ2) is 7.20. The van der Waals surface area contributed by atoms with Gasteiger partial charge in [0.25, 0.3) is 10.1 Å². The molecule has 0 saturated carbocycles. The first-order valence-electron chi connectivity index (χ1n) is 6.04. The van der Waals surface area contributed by atoms with Crippen LogP contribution in [0.2, 0.25) is 0 Å². The van der Waals surface area contributed by atoms with Crippen molar-refractivity contribution in [1.82, 2.24) is 0 Å². The Kier molecular flexibility index (Phi) is 6.50. The summed E-state index contributed by atoms with van der Waals surface area (Å²) in [7, 11) is -3.41. The molecule has 0 N–H and O–H groups in total. The summed E-state index contributed by atoms with van der Waals surface area (Å²) in [5, 5.41) is 0. The monoisotopic (exact) mass is 412 g/mol. The SMILES string of the molecule is CCC(C)C(COS(C)(=O)=O)c1ccc(Br)cc1Br. The smallest absolute Gasteiger partial charge is 0.264 e. The fourth-order valence-corrected chi connectivity index (χ4v) is 3.58. The zero-order chi connectivity index (χ0) is 14.6. The lowest BCUT2D eigenvalue weighted by molar-refractivity contribution is 0.255. The van der Waals surface area contributed by atoms with E-state index in [1.807, 2.05) is 18.2 Å². The van der Waals surface area contributed by atoms with Gasteiger partial charge in [0.15, 0.2) is 0 Å². The van der Waals surface area contributed by atoms with Crippen molar-refractivity contribution in [3.8, 4) is 0 Å². The van der Waals surface area contributed by atoms with Gasteiger partial charge in [0.05, 0.1) is 12.9 Å². The second-order valence-corrected chi connectivity index (χ2v) is 8.06. The minimum atomic E-state index is -3.41. The Bertz CT molecular complexity index is 529. The molecule has 1 aromatic rings. The topological polar surface area (TPSA) is 43.4 Å². The standard InChI is InChI=1S/C13H18Br2O3S/c1-4-9(2)12(8-18-19(3,16)17)11-6-5-10(14)7-13(11)15/h5-7,9,12H,4,8H2,1-3H3. The van der Waals surface area contributed by atoms with Crippen molar-refractivity contribution >= 4 is 42.0 Å². The van der Waals surface area contributed by atoms with Crippen molar-refractivity contribution < 1.29 is 12.6 Å². The second-order valence-electron chi connectivity index (χ2n) is 4.65. The third-order valence-electron chi connectivity index (χ3n) is 3.15. The minimum absolute atomic E-state index is 0.0437. The third-order valence-corrected chi connectivity index (χ3v) is 4.90. The van der Waals surface area contributed by atoms with Crippen molar-refractivity contribution in [2.45, 2.75) is 26.2 Å². The summed E-state index contributed by atoms with van der Waals surface area (Å²) < 4.78 is 29.3. The highest BCUT2D eigenvalue weighted by Gasteiger charge is 2.22. The van der Waals surface area contributed by atoms with Gasteiger partial charge in [0, 0.05) is 14.9 Å². The van der Waals surface area contributed by atoms with Crippen LogP contribution in [-0.4, -0.2) is 21.3 Å². The van der Waals surface area contributed by atoms with Gasteiger partial charge in [-0.05, 0) is 23.6 Å². The van der Waals surface area contributed by atoms with Gasteiger partial charge in [0.2, 0.25) is 0 Å². The highest BCUT2D eigenvalue weighted by molar-refractivity contribution is 9.11. The molecule has 2 unspecified atom stereocenters. The van der Waals surface area contributed by atoms with Crippen LogP contribution < -0.4 is 0 Å². The van der Waals surface area contributed by atoms with Gasteiger partial charge in [-0.1, -0.05) is 58.2 Å². The zero-order valence-corrected chi connectivity index (χ0v) is 15.2. The van der Waals surface area contributed by atoms with Crippen LogP contribution in [0.4, 0.5) is 0 Å². The lowest BCUT2D eigenvalue weighted by Crippen LogP contribution is -2.18. The molecule has 2 atom stereocenters. The zero-order valence-electron chi connectivity index (χ0n) is 11.2. The highest BCUT2D eigenvalue weighted by atomic mass is 79.9. The van der Waals surface area contributed by atoms with E-state index in [4.69, 9.17) is 4.18 Å². The summed E-state index contributed by atoms with van der Waals surface area (Å²) in [6.45, 7) is 4.36. The molecule has 0 aromatic heterocycles. The molecule has 0 aliphatic carbocycles. The maximum absolute atomic E-state index is 11.2. The normalized spacial score (nSPS) is 15.2. The summed E-state index contributed by atoms with van der Waals surface area (Å²) in [5.74, 6) is 0.376. The number of rotatable bonds is 6. The van der Waals surface area contributed by atoms with E-state index < -0.39 is 10.1 Å². The van der Waals surface area contributed by atoms with Crippen LogP contribution in [-0.2, 0) is 14.3 Å². The lowest BCUT2D eigenvalue weighted by Gasteiger charge is -2.24. The van der Waals surface area contributed by atoms with Crippen molar-refractivity contribution in [3.05, 3.63) is 32.7 Å². The molecular weight excluding hydrogens is 396 g/mol. The molecule has 0 bridgehead atoms. The first kappa shape index (κ1) is 17.1. The molecule has 0 spiro atoms. The van der Waals surface area contributed by atoms with Gasteiger partial charge in [-0.25, -0.2) is 0 Å². The number of hydrogen-bond donors (Lipinski definition) is 0. The van der Waals surface area contributed by atoms with Gasteiger partial charge in [-0.3, -0.25) is 4.18 Å². The van der Waals surface area contributed by atoms with Crippen LogP contribution in [0, 0.1) is 5.92 Å². The Hall–Kier alpha value is 0.0900. The van der Waals surface area contributed by atoms with Gasteiger partial charge in [-0.2, -0.15) is 8.42 Å². The largest absolute Gasteiger partial charge is 0.270 e. The first-order valence-corrected chi connectivity index (χ1v) is 9.44. The van der Waals surface area contributed by atoms with Crippen LogP contribution in [0.1, 0.15) is 31.7 Å². The van der Waals surface area contributed by atoms with Crippen LogP contribution in [0.3, 0.4) is 0 Å². The van der Waals surface area contributed by atoms with Gasteiger partial charge >= 0.3 is 0 Å². The van der Waals surface area contributed by atoms with E-state index in [0.717, 1.165) is 27.2 Å². The summed E-state index contributed by atoms with van der Waals surface area (Å²) in [5.41, 5.74) is 1.07. The molecular formula is C13H18Br2O3S. The summed E-state index contributed by atoms with van der Waals surface area (Å²) in [6, 6.07) is 5.91. The molecule has 108 valence electrons. The Balaban J connectivity index is 3.02. The molecule has 0 heterocycles. The molecule has 19 heavy (non-hydrogen) atoms. The average molecular weight is 414 g/mol. The molecule has 0 amide bonds. The van der Waals surface area contributed by atoms with E-state index in [-0.39, 0.29) is 12.5 Å². The first-order chi connectivity index (χ1) is 8.74. The maximum Gasteiger partial charge on any atom is 0.264 e. The van der Waals surface area contributed by atoms with E-state index in [1.165, 1.54) is 0 Å². The maximum atomic E-state index is 11.2. The van der Waals surface area contributed by atoms with E-state index in [9.17, 15) is 8.42 Å². The molecule has 0 aliphatic rings. The summed E-state index contributed by atoms with van der Waals surface area (Å²) >= 11 is 6.94. The van der Waals surface area contributed by atoms with Crippen molar-refractivity contribution in [3.63, 3.8) is 0 Å². The van der Waals surface area contributed by atoms with Crippen LogP contribution in [0.15, 0.2) is 27.1 Å². The molecule has 1 rings (SSSR count). The number of benzene rings is 1. The van der Waals surface area contributed by atoms with Crippen molar-refractivity contribution in [2.24, 2.45) is 5.92 Å². The van der Waals surface area contributed by atoms with E-state index in [2.05, 4.69) is 45.7 Å². The molecule has 0 aliphatic heterocycles. The van der Waals surface area contributed by atoms with Gasteiger partial charge in [0.1, 0.15) is 0 Å². The third kappa shape index (κ3) is 5.53. The fraction of sp³-hybridized carbons (Fsp3) is 0.538. The van der Waals surface area contributed by atoms with Crippen molar-refractivity contribution in [2.75, 3.05) is 12.9 Å². The van der Waals surface area contributed by atoms with Crippen LogP contribution in [0.25, 0.3) is 0 Å². The molecule has 6 heteroatoms. The Morgan fingerprint density at radius 3 is 2.42 bits per heavy atom. The van der Waals surface area contributed by atoms with Crippen LogP contribution >= 0.6 is 31.9 Å². The quantitative estimate of drug-likeness (QED) is 0.652. The Morgan fingerprint density at radius 1 is 1.32 bits per heavy atom. The van der Waals surface area contributed by atoms with Gasteiger partial charge in [-0.15, -0.1) is 0 Å². The number of hydrogen-bond acceptors (Lipinski definition) is 3. The Morgan fingerprint density at radius 2 is 1.95 bits per heavy atom. The average Bonchev–Trinajstić information content (AvgIpc) is 2.29. The fourth-order valence-electron chi connectivity index (χ4n) is 1.84. The minimum Gasteiger partial charge on any atom is -0.270 e. The number of halogens is 2. The van der Waals surface area contributed by atoms with E-state index >= 15 is 0 Å². The lowest BCUT2D eigenvalue weighted by atomic mass is 9.86. The van der Waals surface area contributed by atoms with E-state index in [1.54, 1.807) is 0 Å². The van der Waals surface area contributed by atoms with Crippen molar-refractivity contribution in [1.29, 1.82) is 0 Å². The molecule has 0 fully saturated rings. The predicted octanol–water partition coefficient (Wildman–Crippen LogP) is 4.32. The van der Waals surface area contributed by atoms with Gasteiger partial charge < -0.3 is 0 Å². The molecule has 3 nitrogen and oxygen atoms in total. The summed E-state index contributed by atoms with van der Waals surface area (Å²) in [4.78, 5) is 0. The summed E-state index contributed by atoms with van der Waals surface area (Å²) in [6.07, 6.45) is 2.04. The predicted molar refractivity (Wildman–Crippen MR) is 84.8 cm³/mol. The Labute approximate surface area is 132 Å². The highest BCUT2D eigenvalue weighted by Crippen LogP contribution is 2.34. The molecule has 1 aromatic carbocycles.